The van der Waals surface area contributed by atoms with Crippen molar-refractivity contribution in [2.75, 3.05) is 16.5 Å². The summed E-state index contributed by atoms with van der Waals surface area (Å²) in [4.78, 5) is 9.61. The van der Waals surface area contributed by atoms with Crippen LogP contribution in [0.1, 0.15) is 77.6 Å². The fraction of sp³-hybridized carbons (Fsp3) is 0.218. The molecule has 2 aromatic heterocycles. The second-order valence-corrected chi connectivity index (χ2v) is 18.8. The Morgan fingerprint density at radius 1 is 0.467 bits per heavy atom. The van der Waals surface area contributed by atoms with E-state index in [1.165, 1.54) is 44.5 Å². The number of para-hydroxylation sites is 1. The number of fused-ring (bicyclic) bond motifs is 3. The zero-order valence-corrected chi connectivity index (χ0v) is 36.1. The average Bonchev–Trinajstić information content (AvgIpc) is 3.87. The topological polar surface area (TPSA) is 33.5 Å². The Balaban J connectivity index is 1.06. The highest BCUT2D eigenvalue weighted by atomic mass is 16.5. The van der Waals surface area contributed by atoms with Crippen LogP contribution in [-0.2, 0) is 16.2 Å². The first-order chi connectivity index (χ1) is 28.7. The largest absolute Gasteiger partial charge is 0.457 e. The van der Waals surface area contributed by atoms with Gasteiger partial charge in [0.05, 0.1) is 17.7 Å². The first-order valence-electron chi connectivity index (χ1n) is 21.0. The predicted octanol–water partition coefficient (Wildman–Crippen LogP) is 14.3. The molecule has 8 aromatic rings. The summed E-state index contributed by atoms with van der Waals surface area (Å²) in [5, 5.41) is 2.34. The monoisotopic (exact) mass is 786 g/mol. The lowest BCUT2D eigenvalue weighted by Gasteiger charge is -2.27. The van der Waals surface area contributed by atoms with Crippen LogP contribution >= 0.6 is 0 Å². The van der Waals surface area contributed by atoms with Gasteiger partial charge >= 0.3 is 0 Å². The van der Waals surface area contributed by atoms with Crippen molar-refractivity contribution in [3.8, 4) is 28.4 Å². The summed E-state index contributed by atoms with van der Waals surface area (Å²) in [5.41, 5.74) is 11.6. The van der Waals surface area contributed by atoms with Gasteiger partial charge in [0, 0.05) is 58.3 Å². The second-order valence-electron chi connectivity index (χ2n) is 18.8. The molecule has 0 radical (unpaired) electrons. The molecular formula is C55H54N4O. The van der Waals surface area contributed by atoms with Crippen LogP contribution in [0, 0.1) is 0 Å². The van der Waals surface area contributed by atoms with E-state index in [4.69, 9.17) is 9.72 Å². The fourth-order valence-electron chi connectivity index (χ4n) is 8.35. The van der Waals surface area contributed by atoms with E-state index >= 15 is 0 Å². The van der Waals surface area contributed by atoms with E-state index in [9.17, 15) is 0 Å². The number of pyridine rings is 1. The van der Waals surface area contributed by atoms with Crippen molar-refractivity contribution < 1.29 is 4.74 Å². The van der Waals surface area contributed by atoms with Crippen LogP contribution in [0.25, 0.3) is 38.8 Å². The van der Waals surface area contributed by atoms with Crippen molar-refractivity contribution in [1.29, 1.82) is 0 Å². The van der Waals surface area contributed by atoms with Gasteiger partial charge in [0.15, 0.2) is 0 Å². The zero-order chi connectivity index (χ0) is 41.8. The molecule has 0 amide bonds. The molecule has 3 heterocycles. The molecule has 0 bridgehead atoms. The third-order valence-corrected chi connectivity index (χ3v) is 12.1. The number of nitrogens with zero attached hydrogens (tertiary/aromatic N) is 4. The Morgan fingerprint density at radius 3 is 1.78 bits per heavy atom. The van der Waals surface area contributed by atoms with Crippen LogP contribution in [0.3, 0.4) is 0 Å². The van der Waals surface area contributed by atoms with Gasteiger partial charge in [-0.2, -0.15) is 0 Å². The van der Waals surface area contributed by atoms with Crippen LogP contribution in [0.2, 0.25) is 0 Å². The van der Waals surface area contributed by atoms with Crippen molar-refractivity contribution in [1.82, 2.24) is 9.55 Å². The van der Waals surface area contributed by atoms with Gasteiger partial charge in [-0.3, -0.25) is 4.57 Å². The lowest BCUT2D eigenvalue weighted by atomic mass is 9.78. The molecule has 0 spiro atoms. The number of anilines is 2. The Bertz CT molecular complexity index is 2870. The van der Waals surface area contributed by atoms with Gasteiger partial charge in [-0.1, -0.05) is 140 Å². The molecule has 6 aromatic carbocycles. The van der Waals surface area contributed by atoms with E-state index in [1.807, 2.05) is 6.20 Å². The molecule has 1 aliphatic rings. The van der Waals surface area contributed by atoms with Crippen molar-refractivity contribution in [3.63, 3.8) is 0 Å². The first kappa shape index (κ1) is 38.9. The smallest absolute Gasteiger partial charge is 0.137 e. The predicted molar refractivity (Wildman–Crippen MR) is 252 cm³/mol. The van der Waals surface area contributed by atoms with Crippen LogP contribution in [0.4, 0.5) is 11.4 Å². The highest BCUT2D eigenvalue weighted by molar-refractivity contribution is 6.09. The van der Waals surface area contributed by atoms with Crippen molar-refractivity contribution in [3.05, 3.63) is 193 Å². The fourth-order valence-corrected chi connectivity index (χ4v) is 8.35. The van der Waals surface area contributed by atoms with Crippen LogP contribution in [0.5, 0.6) is 11.5 Å². The molecule has 0 saturated heterocycles. The molecular weight excluding hydrogens is 733 g/mol. The Hall–Kier alpha value is -6.59. The van der Waals surface area contributed by atoms with Crippen molar-refractivity contribution >= 4 is 33.2 Å². The summed E-state index contributed by atoms with van der Waals surface area (Å²) >= 11 is 0. The molecule has 0 N–H and O–H groups in total. The number of aromatic nitrogens is 2. The van der Waals surface area contributed by atoms with Gasteiger partial charge < -0.3 is 14.5 Å². The summed E-state index contributed by atoms with van der Waals surface area (Å²) in [6.07, 6.45) is 6.31. The van der Waals surface area contributed by atoms with Crippen LogP contribution in [-0.4, -0.2) is 16.2 Å². The highest BCUT2D eigenvalue weighted by Gasteiger charge is 2.26. The van der Waals surface area contributed by atoms with Crippen molar-refractivity contribution in [2.45, 2.75) is 71.6 Å². The Morgan fingerprint density at radius 2 is 1.08 bits per heavy atom. The van der Waals surface area contributed by atoms with Gasteiger partial charge in [0.2, 0.25) is 0 Å². The minimum atomic E-state index is -0.203. The Labute approximate surface area is 355 Å². The minimum absolute atomic E-state index is 0.00710. The minimum Gasteiger partial charge on any atom is -0.457 e. The maximum absolute atomic E-state index is 6.88. The summed E-state index contributed by atoms with van der Waals surface area (Å²) in [7, 11) is 0. The molecule has 300 valence electrons. The number of hydrogen-bond acceptors (Lipinski definition) is 4. The molecule has 0 fully saturated rings. The average molecular weight is 787 g/mol. The first-order valence-corrected chi connectivity index (χ1v) is 21.0. The number of benzene rings is 6. The van der Waals surface area contributed by atoms with E-state index in [2.05, 4.69) is 234 Å². The summed E-state index contributed by atoms with van der Waals surface area (Å²) in [6, 6.07) is 54.4. The highest BCUT2D eigenvalue weighted by Crippen LogP contribution is 2.40. The lowest BCUT2D eigenvalue weighted by molar-refractivity contribution is 0.479. The molecule has 60 heavy (non-hydrogen) atoms. The molecule has 9 rings (SSSR count). The quantitative estimate of drug-likeness (QED) is 0.154. The molecule has 0 aliphatic carbocycles. The zero-order valence-electron chi connectivity index (χ0n) is 36.1. The number of ether oxygens (including phenoxy) is 1. The van der Waals surface area contributed by atoms with E-state index in [0.29, 0.717) is 6.67 Å². The third kappa shape index (κ3) is 7.45. The maximum atomic E-state index is 6.88. The molecule has 5 heteroatoms. The number of hydrogen-bond donors (Lipinski definition) is 0. The van der Waals surface area contributed by atoms with Gasteiger partial charge in [0.1, 0.15) is 17.3 Å². The van der Waals surface area contributed by atoms with Gasteiger partial charge in [0.25, 0.3) is 0 Å². The molecule has 0 unspecified atom stereocenters. The van der Waals surface area contributed by atoms with Crippen LogP contribution in [0.15, 0.2) is 170 Å². The second kappa shape index (κ2) is 14.9. The van der Waals surface area contributed by atoms with Gasteiger partial charge in [-0.25, -0.2) is 4.98 Å². The van der Waals surface area contributed by atoms with E-state index < -0.39 is 0 Å². The standard InChI is InChI=1S/C55H54N4O/c1-53(2,3)42-29-39(38-17-11-9-12-18-38)30-44(31-42)57-27-28-58(37-57)45-32-43(54(4,5)6)33-47(35-45)60-46-23-24-49-48-21-15-16-22-50(48)59(51(49)36-46)52-34-41(25-26-56-52)55(7,8)40-19-13-10-14-20-40/h9-36H,37H2,1-8H3. The van der Waals surface area contributed by atoms with E-state index in [1.54, 1.807) is 0 Å². The maximum Gasteiger partial charge on any atom is 0.137 e. The molecule has 0 atom stereocenters. The van der Waals surface area contributed by atoms with Gasteiger partial charge in [-0.15, -0.1) is 0 Å². The SMILES string of the molecule is CC(C)(C)c1cc(Oc2ccc3c4ccccc4n(-c4cc(C(C)(C)c5ccccc5)ccn4)c3c2)cc(N2C=CN(c3cc(-c4ccccc4)cc(C(C)(C)C)c3)C2)c1. The third-order valence-electron chi connectivity index (χ3n) is 12.1. The van der Waals surface area contributed by atoms with Crippen molar-refractivity contribution in [2.24, 2.45) is 0 Å². The normalized spacial score (nSPS) is 13.5. The lowest BCUT2D eigenvalue weighted by Crippen LogP contribution is -2.25. The molecule has 5 nitrogen and oxygen atoms in total. The van der Waals surface area contributed by atoms with E-state index in [0.717, 1.165) is 39.4 Å². The summed E-state index contributed by atoms with van der Waals surface area (Å²) < 4.78 is 9.15. The van der Waals surface area contributed by atoms with Crippen LogP contribution < -0.4 is 14.5 Å². The molecule has 1 aliphatic heterocycles. The number of rotatable bonds is 8. The Kier molecular flexibility index (Phi) is 9.66. The summed E-state index contributed by atoms with van der Waals surface area (Å²) in [6.45, 7) is 18.9. The summed E-state index contributed by atoms with van der Waals surface area (Å²) in [5.74, 6) is 2.46. The molecule has 0 saturated carbocycles. The van der Waals surface area contributed by atoms with Gasteiger partial charge in [-0.05, 0) is 98.8 Å². The van der Waals surface area contributed by atoms with E-state index in [-0.39, 0.29) is 16.2 Å².